The molecule has 0 saturated heterocycles. The van der Waals surface area contributed by atoms with Gasteiger partial charge in [-0.3, -0.25) is 0 Å². The molecule has 0 N–H and O–H groups in total. The van der Waals surface area contributed by atoms with Gasteiger partial charge < -0.3 is 9.64 Å². The van der Waals surface area contributed by atoms with Crippen LogP contribution in [0, 0.1) is 5.92 Å². The van der Waals surface area contributed by atoms with Crippen LogP contribution in [0.15, 0.2) is 194 Å². The number of fused-ring (bicyclic) bond motifs is 5. The smallest absolute Gasteiger partial charge is 0.128 e. The first-order valence-corrected chi connectivity index (χ1v) is 22.4. The molecule has 0 amide bonds. The molecule has 2 heteroatoms. The maximum atomic E-state index is 6.55. The third kappa shape index (κ3) is 7.88. The highest BCUT2D eigenvalue weighted by molar-refractivity contribution is 5.83. The lowest BCUT2D eigenvalue weighted by atomic mass is 9.77. The van der Waals surface area contributed by atoms with Gasteiger partial charge in [0.1, 0.15) is 11.9 Å². The molecule has 5 aromatic rings. The Morgan fingerprint density at radius 3 is 2.21 bits per heavy atom. The van der Waals surface area contributed by atoms with Crippen molar-refractivity contribution in [2.75, 3.05) is 4.90 Å². The maximum absolute atomic E-state index is 6.55. The highest BCUT2D eigenvalue weighted by Gasteiger charge is 2.36. The Kier molecular flexibility index (Phi) is 11.6. The van der Waals surface area contributed by atoms with Gasteiger partial charge in [-0.05, 0) is 155 Å². The van der Waals surface area contributed by atoms with E-state index in [1.54, 1.807) is 5.57 Å². The van der Waals surface area contributed by atoms with E-state index in [4.69, 9.17) is 4.74 Å². The summed E-state index contributed by atoms with van der Waals surface area (Å²) in [5, 5.41) is 0. The largest absolute Gasteiger partial charge is 0.485 e. The number of hydrogen-bond acceptors (Lipinski definition) is 2. The lowest BCUT2D eigenvalue weighted by molar-refractivity contribution is 0.268. The van der Waals surface area contributed by atoms with Crippen LogP contribution >= 0.6 is 0 Å². The van der Waals surface area contributed by atoms with Crippen molar-refractivity contribution < 1.29 is 4.74 Å². The zero-order valence-corrected chi connectivity index (χ0v) is 36.2. The van der Waals surface area contributed by atoms with E-state index in [9.17, 15) is 0 Å². The van der Waals surface area contributed by atoms with E-state index < -0.39 is 0 Å². The Hall–Kier alpha value is -6.38. The second-order valence-electron chi connectivity index (χ2n) is 16.8. The molecule has 0 spiro atoms. The van der Waals surface area contributed by atoms with E-state index in [1.807, 2.05) is 6.08 Å². The highest BCUT2D eigenvalue weighted by atomic mass is 16.5. The Labute approximate surface area is 364 Å². The van der Waals surface area contributed by atoms with Gasteiger partial charge in [0, 0.05) is 28.6 Å². The van der Waals surface area contributed by atoms with Gasteiger partial charge in [0.25, 0.3) is 0 Å². The van der Waals surface area contributed by atoms with E-state index in [1.165, 1.54) is 66.9 Å². The number of allylic oxidation sites excluding steroid dienone is 13. The lowest BCUT2D eigenvalue weighted by Crippen LogP contribution is -2.16. The van der Waals surface area contributed by atoms with Crippen molar-refractivity contribution in [3.8, 4) is 16.9 Å². The molecule has 4 aliphatic rings. The van der Waals surface area contributed by atoms with Crippen molar-refractivity contribution in [3.05, 3.63) is 227 Å². The van der Waals surface area contributed by atoms with E-state index >= 15 is 0 Å². The summed E-state index contributed by atoms with van der Waals surface area (Å²) in [5.74, 6) is 2.15. The van der Waals surface area contributed by atoms with Gasteiger partial charge in [0.2, 0.25) is 0 Å². The number of benzene rings is 5. The van der Waals surface area contributed by atoms with Crippen LogP contribution in [0.25, 0.3) is 27.8 Å². The Balaban J connectivity index is 1.04. The molecule has 4 unspecified atom stereocenters. The second kappa shape index (κ2) is 17.7. The molecular formula is C59H57NO. The topological polar surface area (TPSA) is 12.5 Å². The highest BCUT2D eigenvalue weighted by Crippen LogP contribution is 2.50. The Bertz CT molecular complexity index is 2630. The molecule has 304 valence electrons. The summed E-state index contributed by atoms with van der Waals surface area (Å²) in [6.45, 7) is 13.0. The number of anilines is 2. The zero-order chi connectivity index (χ0) is 41.9. The predicted molar refractivity (Wildman–Crippen MR) is 260 cm³/mol. The first-order chi connectivity index (χ1) is 30.0. The van der Waals surface area contributed by atoms with Crippen molar-refractivity contribution in [1.29, 1.82) is 0 Å². The third-order valence-electron chi connectivity index (χ3n) is 13.4. The average molecular weight is 796 g/mol. The number of rotatable bonds is 11. The fraction of sp³-hybridized carbons (Fsp3) is 0.220. The van der Waals surface area contributed by atoms with Gasteiger partial charge in [-0.1, -0.05) is 160 Å². The molecule has 2 nitrogen and oxygen atoms in total. The maximum Gasteiger partial charge on any atom is 0.128 e. The minimum atomic E-state index is 0.0957. The van der Waals surface area contributed by atoms with Crippen LogP contribution in [0.5, 0.6) is 5.75 Å². The zero-order valence-electron chi connectivity index (χ0n) is 36.2. The van der Waals surface area contributed by atoms with E-state index in [2.05, 4.69) is 209 Å². The van der Waals surface area contributed by atoms with Crippen molar-refractivity contribution in [2.45, 2.75) is 77.7 Å². The SMILES string of the molecule is C=CC=C(CC)c1ccc(N(C(=CC(=CC)c2ccc(C3Cc4cc5c(cc4C4=C(CCC=C4)C3C)C3C=CC=CC3O5)cc2)CC)c2ccc(-c3ccccc3)cc2)cc1. The first-order valence-electron chi connectivity index (χ1n) is 22.4. The minimum absolute atomic E-state index is 0.0957. The summed E-state index contributed by atoms with van der Waals surface area (Å²) in [6.07, 6.45) is 27.4. The van der Waals surface area contributed by atoms with Crippen LogP contribution in [0.4, 0.5) is 11.4 Å². The van der Waals surface area contributed by atoms with E-state index in [-0.39, 0.29) is 6.10 Å². The third-order valence-corrected chi connectivity index (χ3v) is 13.4. The first kappa shape index (κ1) is 40.0. The molecule has 3 aliphatic carbocycles. The van der Waals surface area contributed by atoms with Crippen LogP contribution in [0.1, 0.15) is 98.6 Å². The van der Waals surface area contributed by atoms with Crippen LogP contribution in [0.2, 0.25) is 0 Å². The van der Waals surface area contributed by atoms with Crippen molar-refractivity contribution in [1.82, 2.24) is 0 Å². The standard InChI is InChI=1S/C59H57NO/c1-6-17-41(7-2)44-28-32-50(33-29-44)60(51-34-30-46(31-35-51)43-18-11-10-12-19-43)49(9-4)36-42(8-3)45-24-26-47(27-25-45)55-37-48-38-59-57(54-22-15-16-23-58(54)61-59)39-56(48)53-21-14-13-20-52(53)40(55)5/h6,8,10-12,14-19,21-36,38-40,54-55,58H,1,7,9,13,20,37H2,2-5H3. The molecule has 0 aromatic heterocycles. The molecule has 0 fully saturated rings. The molecule has 61 heavy (non-hydrogen) atoms. The van der Waals surface area contributed by atoms with E-state index in [0.717, 1.165) is 49.2 Å². The summed E-state index contributed by atoms with van der Waals surface area (Å²) in [6, 6.07) is 43.0. The van der Waals surface area contributed by atoms with Crippen molar-refractivity contribution >= 4 is 28.1 Å². The van der Waals surface area contributed by atoms with Gasteiger partial charge in [-0.2, -0.15) is 0 Å². The quantitative estimate of drug-likeness (QED) is 0.123. The van der Waals surface area contributed by atoms with Gasteiger partial charge in [0.15, 0.2) is 0 Å². The fourth-order valence-corrected chi connectivity index (χ4v) is 10.1. The number of hydrogen-bond donors (Lipinski definition) is 0. The van der Waals surface area contributed by atoms with Crippen LogP contribution in [-0.2, 0) is 6.42 Å². The average Bonchev–Trinajstić information content (AvgIpc) is 3.63. The summed E-state index contributed by atoms with van der Waals surface area (Å²) in [5.41, 5.74) is 19.5. The molecular weight excluding hydrogens is 739 g/mol. The summed E-state index contributed by atoms with van der Waals surface area (Å²) < 4.78 is 6.55. The monoisotopic (exact) mass is 795 g/mol. The van der Waals surface area contributed by atoms with Gasteiger partial charge in [-0.15, -0.1) is 0 Å². The van der Waals surface area contributed by atoms with Crippen LogP contribution in [-0.4, -0.2) is 6.10 Å². The summed E-state index contributed by atoms with van der Waals surface area (Å²) >= 11 is 0. The minimum Gasteiger partial charge on any atom is -0.485 e. The summed E-state index contributed by atoms with van der Waals surface area (Å²) in [4.78, 5) is 2.43. The molecule has 9 rings (SSSR count). The molecule has 4 atom stereocenters. The van der Waals surface area contributed by atoms with E-state index in [0.29, 0.717) is 17.8 Å². The molecule has 0 saturated carbocycles. The molecule has 5 aromatic carbocycles. The summed E-state index contributed by atoms with van der Waals surface area (Å²) in [7, 11) is 0. The van der Waals surface area contributed by atoms with Crippen LogP contribution in [0.3, 0.4) is 0 Å². The normalized spacial score (nSPS) is 20.6. The van der Waals surface area contributed by atoms with Crippen molar-refractivity contribution in [2.24, 2.45) is 5.92 Å². The Morgan fingerprint density at radius 2 is 1.51 bits per heavy atom. The van der Waals surface area contributed by atoms with Gasteiger partial charge in [0.05, 0.1) is 0 Å². The predicted octanol–water partition coefficient (Wildman–Crippen LogP) is 15.9. The number of ether oxygens (including phenoxy) is 1. The lowest BCUT2D eigenvalue weighted by Gasteiger charge is -2.29. The van der Waals surface area contributed by atoms with Crippen LogP contribution < -0.4 is 9.64 Å². The Morgan fingerprint density at radius 1 is 0.803 bits per heavy atom. The van der Waals surface area contributed by atoms with Crippen molar-refractivity contribution in [3.63, 3.8) is 0 Å². The second-order valence-corrected chi connectivity index (χ2v) is 16.8. The molecule has 0 bridgehead atoms. The molecule has 1 heterocycles. The number of nitrogens with zero attached hydrogens (tertiary/aromatic N) is 1. The van der Waals surface area contributed by atoms with Gasteiger partial charge >= 0.3 is 0 Å². The molecule has 0 radical (unpaired) electrons. The van der Waals surface area contributed by atoms with Gasteiger partial charge in [-0.25, -0.2) is 0 Å². The molecule has 1 aliphatic heterocycles. The fourth-order valence-electron chi connectivity index (χ4n) is 10.1.